The number of hydrogen-bond donors (Lipinski definition) is 0. The van der Waals surface area contributed by atoms with E-state index in [1.165, 1.54) is 12.1 Å². The highest BCUT2D eigenvalue weighted by molar-refractivity contribution is 8.18. The molecule has 0 radical (unpaired) electrons. The molecule has 9 heteroatoms. The summed E-state index contributed by atoms with van der Waals surface area (Å²) in [4.78, 5) is 40.9. The Morgan fingerprint density at radius 3 is 2.55 bits per heavy atom. The number of benzene rings is 2. The molecule has 0 spiro atoms. The number of nitrogens with zero attached hydrogens (tertiary/aromatic N) is 2. The van der Waals surface area contributed by atoms with Gasteiger partial charge in [0.25, 0.3) is 17.1 Å². The first-order chi connectivity index (χ1) is 15.7. The fourth-order valence-corrected chi connectivity index (χ4v) is 4.73. The van der Waals surface area contributed by atoms with Crippen LogP contribution in [0, 0.1) is 11.6 Å². The lowest BCUT2D eigenvalue weighted by Crippen LogP contribution is -2.48. The summed E-state index contributed by atoms with van der Waals surface area (Å²) >= 11 is 0.738. The van der Waals surface area contributed by atoms with E-state index in [0.717, 1.165) is 22.7 Å². The van der Waals surface area contributed by atoms with Gasteiger partial charge in [0.05, 0.1) is 23.7 Å². The molecule has 0 aliphatic carbocycles. The highest BCUT2D eigenvalue weighted by Crippen LogP contribution is 2.33. The Balaban J connectivity index is 1.51. The second-order valence-electron chi connectivity index (χ2n) is 8.10. The molecule has 2 aliphatic heterocycles. The summed E-state index contributed by atoms with van der Waals surface area (Å²) in [5.41, 5.74) is 1.10. The van der Waals surface area contributed by atoms with Gasteiger partial charge < -0.3 is 9.64 Å². The SMILES string of the molecule is C[C@H]1CN(C(=O)c2cccc(/C=C3\SC(=O)N(Cc4ccc(F)cc4F)C3=O)c2)C[C@H](C)O1. The number of morpholine rings is 1. The molecule has 6 nitrogen and oxygen atoms in total. The van der Waals surface area contributed by atoms with E-state index in [4.69, 9.17) is 4.74 Å². The number of hydrogen-bond acceptors (Lipinski definition) is 5. The van der Waals surface area contributed by atoms with E-state index < -0.39 is 22.8 Å². The zero-order valence-corrected chi connectivity index (χ0v) is 18.9. The molecule has 0 N–H and O–H groups in total. The Bertz CT molecular complexity index is 1140. The van der Waals surface area contributed by atoms with Crippen molar-refractivity contribution in [1.82, 2.24) is 9.80 Å². The third kappa shape index (κ3) is 5.15. The molecule has 4 rings (SSSR count). The standard InChI is InChI=1S/C24H22F2N2O4S/c1-14-11-27(12-15(2)32-14)22(29)17-5-3-4-16(8-17)9-21-23(30)28(24(31)33-21)13-18-6-7-19(25)10-20(18)26/h3-10,14-15H,11-13H2,1-2H3/b21-9-/t14-,15-/m0/s1. The van der Waals surface area contributed by atoms with Gasteiger partial charge in [0.1, 0.15) is 11.6 Å². The lowest BCUT2D eigenvalue weighted by atomic mass is 10.1. The molecule has 0 saturated carbocycles. The summed E-state index contributed by atoms with van der Waals surface area (Å²) in [6.45, 7) is 4.53. The van der Waals surface area contributed by atoms with Crippen LogP contribution >= 0.6 is 11.8 Å². The molecule has 2 heterocycles. The van der Waals surface area contributed by atoms with Crippen molar-refractivity contribution in [2.75, 3.05) is 13.1 Å². The Hall–Kier alpha value is -3.04. The van der Waals surface area contributed by atoms with E-state index in [0.29, 0.717) is 30.3 Å². The molecule has 2 fully saturated rings. The van der Waals surface area contributed by atoms with E-state index in [1.807, 2.05) is 13.8 Å². The maximum Gasteiger partial charge on any atom is 0.293 e. The highest BCUT2D eigenvalue weighted by atomic mass is 32.2. The first kappa shape index (κ1) is 23.1. The molecule has 3 amide bonds. The van der Waals surface area contributed by atoms with Crippen molar-refractivity contribution in [1.29, 1.82) is 0 Å². The first-order valence-corrected chi connectivity index (χ1v) is 11.3. The first-order valence-electron chi connectivity index (χ1n) is 10.5. The largest absolute Gasteiger partial charge is 0.372 e. The molecular weight excluding hydrogens is 450 g/mol. The van der Waals surface area contributed by atoms with Crippen LogP contribution in [0.3, 0.4) is 0 Å². The Morgan fingerprint density at radius 2 is 1.85 bits per heavy atom. The zero-order chi connectivity index (χ0) is 23.7. The molecular formula is C24H22F2N2O4S. The van der Waals surface area contributed by atoms with Crippen molar-refractivity contribution < 1.29 is 27.9 Å². The third-order valence-corrected chi connectivity index (χ3v) is 6.26. The van der Waals surface area contributed by atoms with Gasteiger partial charge in [0.15, 0.2) is 0 Å². The number of ether oxygens (including phenoxy) is 1. The molecule has 2 aromatic carbocycles. The van der Waals surface area contributed by atoms with Gasteiger partial charge in [-0.25, -0.2) is 8.78 Å². The van der Waals surface area contributed by atoms with Gasteiger partial charge in [-0.2, -0.15) is 0 Å². The van der Waals surface area contributed by atoms with Crippen molar-refractivity contribution >= 4 is 34.9 Å². The smallest absolute Gasteiger partial charge is 0.293 e. The Kier molecular flexibility index (Phi) is 6.62. The predicted octanol–water partition coefficient (Wildman–Crippen LogP) is 4.45. The van der Waals surface area contributed by atoms with Gasteiger partial charge in [-0.1, -0.05) is 18.2 Å². The predicted molar refractivity (Wildman–Crippen MR) is 120 cm³/mol. The minimum Gasteiger partial charge on any atom is -0.372 e. The minimum absolute atomic E-state index is 0.0431. The maximum absolute atomic E-state index is 14.0. The fourth-order valence-electron chi connectivity index (χ4n) is 3.90. The lowest BCUT2D eigenvalue weighted by Gasteiger charge is -2.35. The molecule has 172 valence electrons. The van der Waals surface area contributed by atoms with E-state index in [2.05, 4.69) is 0 Å². The molecule has 2 aliphatic rings. The second-order valence-corrected chi connectivity index (χ2v) is 9.09. The summed E-state index contributed by atoms with van der Waals surface area (Å²) in [5.74, 6) is -2.26. The number of halogens is 2. The van der Waals surface area contributed by atoms with Crippen molar-refractivity contribution in [2.24, 2.45) is 0 Å². The van der Waals surface area contributed by atoms with Crippen LogP contribution in [-0.2, 0) is 16.1 Å². The lowest BCUT2D eigenvalue weighted by molar-refractivity contribution is -0.123. The summed E-state index contributed by atoms with van der Waals surface area (Å²) < 4.78 is 32.8. The van der Waals surface area contributed by atoms with Crippen LogP contribution in [0.2, 0.25) is 0 Å². The molecule has 0 unspecified atom stereocenters. The topological polar surface area (TPSA) is 66.9 Å². The van der Waals surface area contributed by atoms with E-state index in [9.17, 15) is 23.2 Å². The Labute approximate surface area is 194 Å². The van der Waals surface area contributed by atoms with E-state index >= 15 is 0 Å². The molecule has 33 heavy (non-hydrogen) atoms. The summed E-state index contributed by atoms with van der Waals surface area (Å²) in [6.07, 6.45) is 1.42. The Morgan fingerprint density at radius 1 is 1.12 bits per heavy atom. The van der Waals surface area contributed by atoms with Gasteiger partial charge in [0, 0.05) is 30.3 Å². The van der Waals surface area contributed by atoms with Crippen molar-refractivity contribution in [3.63, 3.8) is 0 Å². The quantitative estimate of drug-likeness (QED) is 0.615. The van der Waals surface area contributed by atoms with Crippen LogP contribution < -0.4 is 0 Å². The van der Waals surface area contributed by atoms with Crippen molar-refractivity contribution in [2.45, 2.75) is 32.6 Å². The number of thioether (sulfide) groups is 1. The normalized spacial score (nSPS) is 22.4. The fraction of sp³-hybridized carbons (Fsp3) is 0.292. The minimum atomic E-state index is -0.823. The van der Waals surface area contributed by atoms with Gasteiger partial charge in [-0.3, -0.25) is 19.3 Å². The van der Waals surface area contributed by atoms with E-state index in [-0.39, 0.29) is 35.1 Å². The highest BCUT2D eigenvalue weighted by Gasteiger charge is 2.35. The van der Waals surface area contributed by atoms with Gasteiger partial charge >= 0.3 is 0 Å². The average molecular weight is 473 g/mol. The average Bonchev–Trinajstić information content (AvgIpc) is 3.01. The summed E-state index contributed by atoms with van der Waals surface area (Å²) in [5, 5.41) is -0.543. The van der Waals surface area contributed by atoms with Gasteiger partial charge in [-0.05, 0) is 55.4 Å². The van der Waals surface area contributed by atoms with Crippen LogP contribution in [-0.4, -0.2) is 52.2 Å². The number of carbonyl (C=O) groups is 3. The number of amides is 3. The maximum atomic E-state index is 14.0. The van der Waals surface area contributed by atoms with Crippen LogP contribution in [0.1, 0.15) is 35.3 Å². The number of rotatable bonds is 4. The summed E-state index contributed by atoms with van der Waals surface area (Å²) in [6, 6.07) is 9.81. The van der Waals surface area contributed by atoms with E-state index in [1.54, 1.807) is 29.2 Å². The zero-order valence-electron chi connectivity index (χ0n) is 18.1. The number of imide groups is 1. The van der Waals surface area contributed by atoms with Crippen LogP contribution in [0.5, 0.6) is 0 Å². The molecule has 2 saturated heterocycles. The van der Waals surface area contributed by atoms with Crippen molar-refractivity contribution in [3.8, 4) is 0 Å². The van der Waals surface area contributed by atoms with Crippen LogP contribution in [0.4, 0.5) is 13.6 Å². The van der Waals surface area contributed by atoms with Crippen LogP contribution in [0.15, 0.2) is 47.4 Å². The second kappa shape index (κ2) is 9.44. The third-order valence-electron chi connectivity index (χ3n) is 5.36. The van der Waals surface area contributed by atoms with Crippen molar-refractivity contribution in [3.05, 3.63) is 75.7 Å². The monoisotopic (exact) mass is 472 g/mol. The van der Waals surface area contributed by atoms with Crippen LogP contribution in [0.25, 0.3) is 6.08 Å². The molecule has 0 bridgehead atoms. The summed E-state index contributed by atoms with van der Waals surface area (Å²) in [7, 11) is 0. The molecule has 0 aromatic heterocycles. The molecule has 2 atom stereocenters. The number of carbonyl (C=O) groups excluding carboxylic acids is 3. The van der Waals surface area contributed by atoms with Gasteiger partial charge in [0.2, 0.25) is 0 Å². The molecule has 2 aromatic rings. The van der Waals surface area contributed by atoms with Gasteiger partial charge in [-0.15, -0.1) is 0 Å².